The molecule has 3 heterocycles. The number of benzene rings is 1. The van der Waals surface area contributed by atoms with Gasteiger partial charge in [-0.2, -0.15) is 0 Å². The molecule has 158 valence electrons. The van der Waals surface area contributed by atoms with Gasteiger partial charge in [-0.05, 0) is 26.0 Å². The average molecular weight is 428 g/mol. The van der Waals surface area contributed by atoms with Crippen molar-refractivity contribution in [3.05, 3.63) is 52.0 Å². The minimum Gasteiger partial charge on any atom is -0.488 e. The standard InChI is InChI=1S/C22H26ClN5O2/c1-12-8-25-9-19(12)30-18-7-5-4-6-15(18)22(29)28-10-16(17(24)11-28)21-26-13(2)20(23)14(3)27-21/h4-7,12,19,24-26H,8-11H2,1-3H3/b21-16+,24-17?/t12-,19?/m0/s1. The van der Waals surface area contributed by atoms with Gasteiger partial charge in [-0.1, -0.05) is 30.7 Å². The number of amides is 1. The molecule has 3 N–H and O–H groups in total. The lowest BCUT2D eigenvalue weighted by molar-refractivity contribution is 0.0795. The van der Waals surface area contributed by atoms with Crippen LogP contribution in [0.2, 0.25) is 0 Å². The van der Waals surface area contributed by atoms with Gasteiger partial charge < -0.3 is 25.7 Å². The molecule has 0 radical (unpaired) electrons. The molecule has 0 aromatic heterocycles. The fourth-order valence-corrected chi connectivity index (χ4v) is 3.99. The zero-order valence-corrected chi connectivity index (χ0v) is 18.1. The van der Waals surface area contributed by atoms with Gasteiger partial charge in [0.15, 0.2) is 0 Å². The number of para-hydroxylation sites is 1. The molecule has 2 fully saturated rings. The van der Waals surface area contributed by atoms with E-state index in [2.05, 4.69) is 22.5 Å². The highest BCUT2D eigenvalue weighted by molar-refractivity contribution is 6.43. The van der Waals surface area contributed by atoms with Crippen LogP contribution in [0.25, 0.3) is 0 Å². The number of carbonyl (C=O) groups is 1. The quantitative estimate of drug-likeness (QED) is 0.691. The summed E-state index contributed by atoms with van der Waals surface area (Å²) >= 11 is 6.21. The zero-order valence-electron chi connectivity index (χ0n) is 17.4. The third-order valence-electron chi connectivity index (χ3n) is 5.71. The maximum absolute atomic E-state index is 13.3. The second-order valence-electron chi connectivity index (χ2n) is 8.02. The first-order valence-corrected chi connectivity index (χ1v) is 10.5. The predicted molar refractivity (Wildman–Crippen MR) is 118 cm³/mol. The monoisotopic (exact) mass is 427 g/mol. The van der Waals surface area contributed by atoms with Crippen molar-refractivity contribution >= 4 is 28.9 Å². The maximum atomic E-state index is 13.3. The van der Waals surface area contributed by atoms with Crippen LogP contribution in [-0.4, -0.2) is 54.5 Å². The molecule has 2 saturated heterocycles. The van der Waals surface area contributed by atoms with Crippen molar-refractivity contribution in [3.63, 3.8) is 0 Å². The first-order chi connectivity index (χ1) is 14.3. The molecule has 0 spiro atoms. The molecular weight excluding hydrogens is 402 g/mol. The number of hydrogen-bond donors (Lipinski definition) is 3. The zero-order chi connectivity index (χ0) is 21.4. The van der Waals surface area contributed by atoms with Crippen LogP contribution >= 0.6 is 11.6 Å². The molecule has 30 heavy (non-hydrogen) atoms. The SMILES string of the molecule is CC1=N/C(=C2\CN(C(=O)c3ccccc3OC3CNC[C@@H]3C)CC2=N)NC(C)=C1Cl. The van der Waals surface area contributed by atoms with E-state index in [0.717, 1.165) is 18.8 Å². The fraction of sp³-hybridized carbons (Fsp3) is 0.409. The van der Waals surface area contributed by atoms with E-state index in [1.54, 1.807) is 11.0 Å². The second-order valence-corrected chi connectivity index (χ2v) is 8.39. The third kappa shape index (κ3) is 3.87. The molecule has 0 saturated carbocycles. The summed E-state index contributed by atoms with van der Waals surface area (Å²) < 4.78 is 6.18. The van der Waals surface area contributed by atoms with Gasteiger partial charge in [0, 0.05) is 30.3 Å². The molecule has 0 aliphatic carbocycles. The van der Waals surface area contributed by atoms with E-state index in [1.165, 1.54) is 0 Å². The first-order valence-electron chi connectivity index (χ1n) is 10.1. The molecule has 4 rings (SSSR count). The first kappa shape index (κ1) is 20.6. The topological polar surface area (TPSA) is 89.8 Å². The molecule has 1 amide bonds. The Bertz CT molecular complexity index is 997. The number of likely N-dealkylation sites (tertiary alicyclic amines) is 1. The number of nitrogens with one attached hydrogen (secondary N) is 3. The van der Waals surface area contributed by atoms with E-state index in [1.807, 2.05) is 32.0 Å². The molecule has 8 heteroatoms. The van der Waals surface area contributed by atoms with E-state index in [0.29, 0.717) is 51.6 Å². The smallest absolute Gasteiger partial charge is 0.258 e. The molecule has 1 aromatic carbocycles. The van der Waals surface area contributed by atoms with E-state index in [-0.39, 0.29) is 18.6 Å². The molecule has 3 aliphatic heterocycles. The number of halogens is 1. The summed E-state index contributed by atoms with van der Waals surface area (Å²) in [6.07, 6.45) is 0.0387. The second kappa shape index (κ2) is 8.24. The summed E-state index contributed by atoms with van der Waals surface area (Å²) in [5, 5.41) is 15.5. The molecule has 3 aliphatic rings. The predicted octanol–water partition coefficient (Wildman–Crippen LogP) is 2.89. The van der Waals surface area contributed by atoms with Crippen LogP contribution in [0.3, 0.4) is 0 Å². The Kier molecular flexibility index (Phi) is 5.66. The Balaban J connectivity index is 1.56. The van der Waals surface area contributed by atoms with Crippen LogP contribution in [0.15, 0.2) is 51.4 Å². The maximum Gasteiger partial charge on any atom is 0.258 e. The van der Waals surface area contributed by atoms with Crippen molar-refractivity contribution in [2.45, 2.75) is 26.9 Å². The number of carbonyl (C=O) groups excluding carboxylic acids is 1. The Hall–Kier alpha value is -2.64. The van der Waals surface area contributed by atoms with Crippen LogP contribution in [-0.2, 0) is 0 Å². The summed E-state index contributed by atoms with van der Waals surface area (Å²) in [7, 11) is 0. The summed E-state index contributed by atoms with van der Waals surface area (Å²) in [6.45, 7) is 8.07. The van der Waals surface area contributed by atoms with Crippen LogP contribution in [0.5, 0.6) is 5.75 Å². The number of allylic oxidation sites excluding steroid dienone is 2. The van der Waals surface area contributed by atoms with Crippen molar-refractivity contribution < 1.29 is 9.53 Å². The summed E-state index contributed by atoms with van der Waals surface area (Å²) in [5.74, 6) is 1.41. The third-order valence-corrected chi connectivity index (χ3v) is 6.27. The Morgan fingerprint density at radius 1 is 1.27 bits per heavy atom. The van der Waals surface area contributed by atoms with Gasteiger partial charge in [0.2, 0.25) is 0 Å². The Labute approximate surface area is 181 Å². The van der Waals surface area contributed by atoms with Gasteiger partial charge in [0.25, 0.3) is 5.91 Å². The van der Waals surface area contributed by atoms with Gasteiger partial charge in [0.05, 0.1) is 35.1 Å². The molecule has 2 atom stereocenters. The van der Waals surface area contributed by atoms with Crippen LogP contribution in [0.1, 0.15) is 31.1 Å². The Morgan fingerprint density at radius 3 is 2.73 bits per heavy atom. The number of nitrogens with zero attached hydrogens (tertiary/aromatic N) is 2. The molecule has 7 nitrogen and oxygen atoms in total. The van der Waals surface area contributed by atoms with Crippen molar-refractivity contribution in [1.29, 1.82) is 5.41 Å². The molecule has 0 bridgehead atoms. The number of hydrogen-bond acceptors (Lipinski definition) is 6. The molecule has 1 unspecified atom stereocenters. The van der Waals surface area contributed by atoms with Gasteiger partial charge in [-0.25, -0.2) is 4.99 Å². The van der Waals surface area contributed by atoms with Crippen molar-refractivity contribution in [3.8, 4) is 5.75 Å². The summed E-state index contributed by atoms with van der Waals surface area (Å²) in [5.41, 5.74) is 3.10. The minimum atomic E-state index is -0.147. The van der Waals surface area contributed by atoms with Gasteiger partial charge in [-0.15, -0.1) is 0 Å². The van der Waals surface area contributed by atoms with Gasteiger partial charge in [0.1, 0.15) is 17.7 Å². The van der Waals surface area contributed by atoms with E-state index in [4.69, 9.17) is 21.7 Å². The molecular formula is C22H26ClN5O2. The lowest BCUT2D eigenvalue weighted by atomic mass is 10.1. The summed E-state index contributed by atoms with van der Waals surface area (Å²) in [4.78, 5) is 19.5. The summed E-state index contributed by atoms with van der Waals surface area (Å²) in [6, 6.07) is 7.34. The van der Waals surface area contributed by atoms with E-state index < -0.39 is 0 Å². The molecule has 1 aromatic rings. The Morgan fingerprint density at radius 2 is 2.03 bits per heavy atom. The van der Waals surface area contributed by atoms with Crippen LogP contribution < -0.4 is 15.4 Å². The van der Waals surface area contributed by atoms with E-state index >= 15 is 0 Å². The number of ether oxygens (including phenoxy) is 1. The highest BCUT2D eigenvalue weighted by atomic mass is 35.5. The highest BCUT2D eigenvalue weighted by Crippen LogP contribution is 2.28. The lowest BCUT2D eigenvalue weighted by Gasteiger charge is -2.21. The van der Waals surface area contributed by atoms with E-state index in [9.17, 15) is 4.79 Å². The van der Waals surface area contributed by atoms with Crippen molar-refractivity contribution in [2.75, 3.05) is 26.2 Å². The fourth-order valence-electron chi connectivity index (χ4n) is 3.90. The van der Waals surface area contributed by atoms with Gasteiger partial charge >= 0.3 is 0 Å². The highest BCUT2D eigenvalue weighted by Gasteiger charge is 2.32. The van der Waals surface area contributed by atoms with Gasteiger partial charge in [-0.3, -0.25) is 4.79 Å². The van der Waals surface area contributed by atoms with Crippen LogP contribution in [0, 0.1) is 11.3 Å². The minimum absolute atomic E-state index is 0.0387. The number of aliphatic imine (C=N–C) groups is 1. The van der Waals surface area contributed by atoms with Crippen molar-refractivity contribution in [2.24, 2.45) is 10.9 Å². The normalized spacial score (nSPS) is 26.7. The number of rotatable bonds is 3. The van der Waals surface area contributed by atoms with Crippen LogP contribution in [0.4, 0.5) is 0 Å². The average Bonchev–Trinajstić information content (AvgIpc) is 3.31. The lowest BCUT2D eigenvalue weighted by Crippen LogP contribution is -2.31. The largest absolute Gasteiger partial charge is 0.488 e. The van der Waals surface area contributed by atoms with Crippen molar-refractivity contribution in [1.82, 2.24) is 15.5 Å².